The number of nitrogens with zero attached hydrogens (tertiary/aromatic N) is 1. The molecule has 28 heavy (non-hydrogen) atoms. The maximum absolute atomic E-state index is 12.7. The second-order valence-corrected chi connectivity index (χ2v) is 8.04. The standard InChI is InChI=1S/C20H26F3N3OS/c1-13(24)18(19(27)25-11-10-17-5-4-12-26(17)3)28-14(2)15-6-8-16(9-7-15)20(21,22)23/h6-9,17H,2,4-5,10-12,24H2,1,3H3,(H,25,27)/b18-13-. The van der Waals surface area contributed by atoms with E-state index < -0.39 is 11.7 Å². The Morgan fingerprint density at radius 1 is 1.36 bits per heavy atom. The summed E-state index contributed by atoms with van der Waals surface area (Å²) in [6.07, 6.45) is -1.22. The number of alkyl halides is 3. The third-order valence-electron chi connectivity index (χ3n) is 4.76. The fourth-order valence-electron chi connectivity index (χ4n) is 3.11. The first-order valence-electron chi connectivity index (χ1n) is 9.08. The Balaban J connectivity index is 1.95. The van der Waals surface area contributed by atoms with Gasteiger partial charge in [0.15, 0.2) is 0 Å². The molecule has 1 heterocycles. The molecule has 1 aliphatic rings. The van der Waals surface area contributed by atoms with Crippen molar-refractivity contribution in [3.63, 3.8) is 0 Å². The first-order valence-corrected chi connectivity index (χ1v) is 9.90. The number of hydrogen-bond acceptors (Lipinski definition) is 4. The van der Waals surface area contributed by atoms with Crippen LogP contribution in [0.25, 0.3) is 4.91 Å². The number of amides is 1. The fourth-order valence-corrected chi connectivity index (χ4v) is 3.94. The number of carbonyl (C=O) groups is 1. The molecule has 2 rings (SSSR count). The maximum atomic E-state index is 12.7. The number of nitrogens with two attached hydrogens (primary N) is 1. The second kappa shape index (κ2) is 9.52. The summed E-state index contributed by atoms with van der Waals surface area (Å²) in [5.74, 6) is -0.293. The quantitative estimate of drug-likeness (QED) is 0.658. The lowest BCUT2D eigenvalue weighted by Crippen LogP contribution is -2.32. The fraction of sp³-hybridized carbons (Fsp3) is 0.450. The molecule has 8 heteroatoms. The monoisotopic (exact) mass is 413 g/mol. The molecular weight excluding hydrogens is 387 g/mol. The molecule has 1 atom stereocenters. The van der Waals surface area contributed by atoms with E-state index in [4.69, 9.17) is 5.73 Å². The summed E-state index contributed by atoms with van der Waals surface area (Å²) in [4.78, 5) is 15.6. The Morgan fingerprint density at radius 2 is 2.00 bits per heavy atom. The van der Waals surface area contributed by atoms with Crippen molar-refractivity contribution in [2.75, 3.05) is 20.1 Å². The highest BCUT2D eigenvalue weighted by Crippen LogP contribution is 2.35. The Bertz CT molecular complexity index is 740. The third kappa shape index (κ3) is 6.04. The molecule has 1 fully saturated rings. The smallest absolute Gasteiger partial charge is 0.401 e. The lowest BCUT2D eigenvalue weighted by atomic mass is 10.1. The van der Waals surface area contributed by atoms with Gasteiger partial charge in [-0.15, -0.1) is 0 Å². The number of hydrogen-bond donors (Lipinski definition) is 2. The van der Waals surface area contributed by atoms with Crippen LogP contribution in [0.3, 0.4) is 0 Å². The third-order valence-corrected chi connectivity index (χ3v) is 5.95. The lowest BCUT2D eigenvalue weighted by Gasteiger charge is -2.19. The van der Waals surface area contributed by atoms with Gasteiger partial charge in [0.25, 0.3) is 5.91 Å². The number of benzene rings is 1. The number of nitrogens with one attached hydrogen (secondary N) is 1. The summed E-state index contributed by atoms with van der Waals surface area (Å²) in [5, 5.41) is 2.88. The average molecular weight is 414 g/mol. The molecule has 1 saturated heterocycles. The van der Waals surface area contributed by atoms with E-state index in [-0.39, 0.29) is 5.91 Å². The molecule has 0 spiro atoms. The predicted molar refractivity (Wildman–Crippen MR) is 108 cm³/mol. The summed E-state index contributed by atoms with van der Waals surface area (Å²) in [7, 11) is 2.08. The number of allylic oxidation sites excluding steroid dienone is 1. The van der Waals surface area contributed by atoms with Crippen molar-refractivity contribution in [2.24, 2.45) is 5.73 Å². The zero-order chi connectivity index (χ0) is 20.9. The molecule has 3 N–H and O–H groups in total. The summed E-state index contributed by atoms with van der Waals surface area (Å²) in [6, 6.07) is 5.15. The maximum Gasteiger partial charge on any atom is 0.416 e. The van der Waals surface area contributed by atoms with E-state index >= 15 is 0 Å². The van der Waals surface area contributed by atoms with Gasteiger partial charge in [-0.2, -0.15) is 13.2 Å². The summed E-state index contributed by atoms with van der Waals surface area (Å²) >= 11 is 1.07. The van der Waals surface area contributed by atoms with Crippen LogP contribution in [0.4, 0.5) is 13.2 Å². The van der Waals surface area contributed by atoms with Gasteiger partial charge in [-0.1, -0.05) is 30.5 Å². The van der Waals surface area contributed by atoms with Gasteiger partial charge in [0.05, 0.1) is 10.5 Å². The molecule has 4 nitrogen and oxygen atoms in total. The van der Waals surface area contributed by atoms with Gasteiger partial charge >= 0.3 is 6.18 Å². The Morgan fingerprint density at radius 3 is 2.50 bits per heavy atom. The molecule has 0 saturated carbocycles. The van der Waals surface area contributed by atoms with Gasteiger partial charge in [0.1, 0.15) is 0 Å². The van der Waals surface area contributed by atoms with Gasteiger partial charge in [-0.3, -0.25) is 4.79 Å². The first kappa shape index (κ1) is 22.4. The van der Waals surface area contributed by atoms with Crippen LogP contribution in [-0.2, 0) is 11.0 Å². The number of thioether (sulfide) groups is 1. The molecule has 0 aromatic heterocycles. The van der Waals surface area contributed by atoms with Crippen molar-refractivity contribution in [1.82, 2.24) is 10.2 Å². The summed E-state index contributed by atoms with van der Waals surface area (Å²) < 4.78 is 38.1. The van der Waals surface area contributed by atoms with Crippen molar-refractivity contribution in [2.45, 2.75) is 38.4 Å². The topological polar surface area (TPSA) is 58.4 Å². The van der Waals surface area contributed by atoms with E-state index in [1.807, 2.05) is 0 Å². The second-order valence-electron chi connectivity index (χ2n) is 6.93. The first-order chi connectivity index (χ1) is 13.1. The van der Waals surface area contributed by atoms with Crippen LogP contribution in [0.5, 0.6) is 0 Å². The van der Waals surface area contributed by atoms with Gasteiger partial charge in [-0.25, -0.2) is 0 Å². The molecule has 154 valence electrons. The molecule has 1 unspecified atom stereocenters. The highest BCUT2D eigenvalue weighted by atomic mass is 32.2. The van der Waals surface area contributed by atoms with E-state index in [1.54, 1.807) is 6.92 Å². The van der Waals surface area contributed by atoms with Crippen molar-refractivity contribution in [1.29, 1.82) is 0 Å². The highest BCUT2D eigenvalue weighted by Gasteiger charge is 2.30. The van der Waals surface area contributed by atoms with Crippen LogP contribution in [0.1, 0.15) is 37.3 Å². The van der Waals surface area contributed by atoms with Gasteiger partial charge < -0.3 is 16.0 Å². The van der Waals surface area contributed by atoms with E-state index in [0.29, 0.717) is 33.7 Å². The van der Waals surface area contributed by atoms with Crippen molar-refractivity contribution in [3.8, 4) is 0 Å². The van der Waals surface area contributed by atoms with Gasteiger partial charge in [0.2, 0.25) is 0 Å². The molecule has 0 aliphatic carbocycles. The van der Waals surface area contributed by atoms with Crippen molar-refractivity contribution in [3.05, 3.63) is 52.6 Å². The van der Waals surface area contributed by atoms with E-state index in [0.717, 1.165) is 43.3 Å². The zero-order valence-electron chi connectivity index (χ0n) is 16.1. The number of rotatable bonds is 7. The molecule has 0 bridgehead atoms. The summed E-state index contributed by atoms with van der Waals surface area (Å²) in [5.41, 5.74) is 5.99. The van der Waals surface area contributed by atoms with Crippen LogP contribution in [0, 0.1) is 0 Å². The number of halogens is 3. The van der Waals surface area contributed by atoms with Crippen LogP contribution in [-0.4, -0.2) is 37.0 Å². The minimum atomic E-state index is -4.39. The van der Waals surface area contributed by atoms with Crippen LogP contribution < -0.4 is 11.1 Å². The van der Waals surface area contributed by atoms with Crippen molar-refractivity contribution < 1.29 is 18.0 Å². The van der Waals surface area contributed by atoms with Crippen LogP contribution in [0.15, 0.2) is 41.4 Å². The molecule has 1 aliphatic heterocycles. The Hall–Kier alpha value is -1.93. The molecule has 1 amide bonds. The van der Waals surface area contributed by atoms with E-state index in [1.165, 1.54) is 18.6 Å². The molecule has 0 radical (unpaired) electrons. The van der Waals surface area contributed by atoms with Gasteiger partial charge in [0, 0.05) is 23.2 Å². The Labute approximate surface area is 168 Å². The highest BCUT2D eigenvalue weighted by molar-refractivity contribution is 8.12. The average Bonchev–Trinajstić information content (AvgIpc) is 3.03. The van der Waals surface area contributed by atoms with E-state index in [9.17, 15) is 18.0 Å². The SMILES string of the molecule is C=C(S/C(C(=O)NCCC1CCCN1C)=C(/C)N)c1ccc(C(F)(F)F)cc1. The largest absolute Gasteiger partial charge is 0.416 e. The lowest BCUT2D eigenvalue weighted by molar-refractivity contribution is -0.137. The predicted octanol–water partition coefficient (Wildman–Crippen LogP) is 4.20. The van der Waals surface area contributed by atoms with Crippen molar-refractivity contribution >= 4 is 22.6 Å². The molecule has 1 aromatic rings. The minimum Gasteiger partial charge on any atom is -0.401 e. The number of carbonyl (C=O) groups excluding carboxylic acids is 1. The normalized spacial score (nSPS) is 18.7. The Kier molecular flexibility index (Phi) is 7.60. The van der Waals surface area contributed by atoms with Crippen LogP contribution >= 0.6 is 11.8 Å². The number of likely N-dealkylation sites (tertiary alicyclic amines) is 1. The zero-order valence-corrected chi connectivity index (χ0v) is 16.9. The molecule has 1 aromatic carbocycles. The molecular formula is C20H26F3N3OS. The summed E-state index contributed by atoms with van der Waals surface area (Å²) in [6.45, 7) is 7.12. The van der Waals surface area contributed by atoms with E-state index in [2.05, 4.69) is 23.8 Å². The minimum absolute atomic E-state index is 0.293. The van der Waals surface area contributed by atoms with Crippen LogP contribution in [0.2, 0.25) is 0 Å². The van der Waals surface area contributed by atoms with Gasteiger partial charge in [-0.05, 0) is 57.5 Å².